The number of aryl methyl sites for hydroxylation is 1. The second-order valence-corrected chi connectivity index (χ2v) is 4.51. The molecule has 1 heterocycles. The van der Waals surface area contributed by atoms with Gasteiger partial charge in [-0.05, 0) is 26.7 Å². The molecule has 88 valence electrons. The molecular weight excluding hydrogens is 206 g/mol. The average Bonchev–Trinajstić information content (AvgIpc) is 2.49. The first-order chi connectivity index (χ1) is 7.59. The van der Waals surface area contributed by atoms with Crippen molar-refractivity contribution >= 4 is 11.8 Å². The Morgan fingerprint density at radius 2 is 2.25 bits per heavy atom. The van der Waals surface area contributed by atoms with Crippen molar-refractivity contribution in [2.75, 3.05) is 11.9 Å². The first-order valence-electron chi connectivity index (χ1n) is 5.53. The van der Waals surface area contributed by atoms with Crippen LogP contribution in [0.4, 0.5) is 5.88 Å². The quantitative estimate of drug-likeness (QED) is 0.810. The molecule has 1 saturated carbocycles. The van der Waals surface area contributed by atoms with Gasteiger partial charge < -0.3 is 10.3 Å². The second-order valence-electron chi connectivity index (χ2n) is 4.51. The number of aromatic nitrogens is 1. The van der Waals surface area contributed by atoms with Gasteiger partial charge in [0, 0.05) is 12.1 Å². The summed E-state index contributed by atoms with van der Waals surface area (Å²) < 4.78 is 5.05. The first-order valence-corrected chi connectivity index (χ1v) is 5.53. The van der Waals surface area contributed by atoms with Gasteiger partial charge in [0.2, 0.25) is 11.8 Å². The molecule has 1 aliphatic carbocycles. The molecule has 3 N–H and O–H groups in total. The second kappa shape index (κ2) is 3.90. The van der Waals surface area contributed by atoms with Crippen LogP contribution in [0.15, 0.2) is 4.52 Å². The van der Waals surface area contributed by atoms with Crippen molar-refractivity contribution in [1.29, 1.82) is 0 Å². The maximum Gasteiger partial charge on any atom is 0.234 e. The Labute approximate surface area is 94.4 Å². The van der Waals surface area contributed by atoms with Gasteiger partial charge in [-0.3, -0.25) is 10.1 Å². The summed E-state index contributed by atoms with van der Waals surface area (Å²) in [5.41, 5.74) is 6.95. The smallest absolute Gasteiger partial charge is 0.234 e. The van der Waals surface area contributed by atoms with Gasteiger partial charge in [-0.15, -0.1) is 0 Å². The van der Waals surface area contributed by atoms with E-state index in [0.717, 1.165) is 30.5 Å². The molecule has 5 nitrogen and oxygen atoms in total. The fraction of sp³-hybridized carbons (Fsp3) is 0.636. The summed E-state index contributed by atoms with van der Waals surface area (Å²) in [5.74, 6) is 0.405. The zero-order valence-electron chi connectivity index (χ0n) is 9.67. The van der Waals surface area contributed by atoms with E-state index in [1.807, 2.05) is 13.8 Å². The molecule has 0 spiro atoms. The highest BCUT2D eigenvalue weighted by Gasteiger charge is 2.43. The van der Waals surface area contributed by atoms with Crippen LogP contribution < -0.4 is 11.1 Å². The molecule has 1 aromatic heterocycles. The van der Waals surface area contributed by atoms with Crippen LogP contribution in [0.1, 0.15) is 30.5 Å². The fourth-order valence-electron chi connectivity index (χ4n) is 1.90. The van der Waals surface area contributed by atoms with E-state index in [1.165, 1.54) is 0 Å². The van der Waals surface area contributed by atoms with E-state index in [9.17, 15) is 4.79 Å². The minimum absolute atomic E-state index is 0.0412. The summed E-state index contributed by atoms with van der Waals surface area (Å²) in [6, 6.07) is 0. The van der Waals surface area contributed by atoms with Crippen molar-refractivity contribution in [3.05, 3.63) is 11.3 Å². The number of nitrogens with one attached hydrogen (secondary N) is 1. The van der Waals surface area contributed by atoms with Gasteiger partial charge in [0.1, 0.15) is 0 Å². The summed E-state index contributed by atoms with van der Waals surface area (Å²) in [7, 11) is 0. The standard InChI is InChI=1S/C11H17N3O2/c1-7-8(2)14-16-9(7)13-10(15)11(6-12)4-3-5-11/h3-6,12H2,1-2H3,(H,13,15). The van der Waals surface area contributed by atoms with Crippen LogP contribution in [0.3, 0.4) is 0 Å². The number of carbonyl (C=O) groups is 1. The fourth-order valence-corrected chi connectivity index (χ4v) is 1.90. The number of anilines is 1. The summed E-state index contributed by atoms with van der Waals surface area (Å²) in [4.78, 5) is 12.0. The number of hydrogen-bond donors (Lipinski definition) is 2. The van der Waals surface area contributed by atoms with E-state index in [-0.39, 0.29) is 11.3 Å². The maximum atomic E-state index is 12.0. The molecule has 0 aromatic carbocycles. The number of amides is 1. The lowest BCUT2D eigenvalue weighted by Gasteiger charge is -2.38. The third-order valence-corrected chi connectivity index (χ3v) is 3.57. The topological polar surface area (TPSA) is 81.2 Å². The van der Waals surface area contributed by atoms with Gasteiger partial charge in [0.25, 0.3) is 0 Å². The average molecular weight is 223 g/mol. The zero-order chi connectivity index (χ0) is 11.8. The minimum atomic E-state index is -0.382. The van der Waals surface area contributed by atoms with Crippen molar-refractivity contribution in [3.63, 3.8) is 0 Å². The van der Waals surface area contributed by atoms with Gasteiger partial charge in [-0.25, -0.2) is 0 Å². The normalized spacial score (nSPS) is 17.9. The van der Waals surface area contributed by atoms with Gasteiger partial charge in [0.05, 0.1) is 11.1 Å². The van der Waals surface area contributed by atoms with E-state index in [2.05, 4.69) is 10.5 Å². The molecule has 0 atom stereocenters. The number of hydrogen-bond acceptors (Lipinski definition) is 4. The molecule has 1 amide bonds. The highest BCUT2D eigenvalue weighted by molar-refractivity contribution is 5.95. The SMILES string of the molecule is Cc1noc(NC(=O)C2(CN)CCC2)c1C. The van der Waals surface area contributed by atoms with Crippen LogP contribution in [0.5, 0.6) is 0 Å². The predicted molar refractivity (Wildman–Crippen MR) is 59.9 cm³/mol. The van der Waals surface area contributed by atoms with E-state index >= 15 is 0 Å². The van der Waals surface area contributed by atoms with Crippen LogP contribution >= 0.6 is 0 Å². The molecule has 0 saturated heterocycles. The molecule has 16 heavy (non-hydrogen) atoms. The van der Waals surface area contributed by atoms with E-state index in [0.29, 0.717) is 12.4 Å². The Kier molecular flexibility index (Phi) is 2.71. The van der Waals surface area contributed by atoms with Gasteiger partial charge >= 0.3 is 0 Å². The molecule has 0 radical (unpaired) electrons. The molecule has 5 heteroatoms. The number of carbonyl (C=O) groups excluding carboxylic acids is 1. The van der Waals surface area contributed by atoms with Gasteiger partial charge in [-0.1, -0.05) is 11.6 Å². The Morgan fingerprint density at radius 1 is 1.56 bits per heavy atom. The Morgan fingerprint density at radius 3 is 2.62 bits per heavy atom. The van der Waals surface area contributed by atoms with Crippen molar-refractivity contribution in [2.45, 2.75) is 33.1 Å². The minimum Gasteiger partial charge on any atom is -0.338 e. The largest absolute Gasteiger partial charge is 0.338 e. The summed E-state index contributed by atoms with van der Waals surface area (Å²) >= 11 is 0. The zero-order valence-corrected chi connectivity index (χ0v) is 9.67. The molecule has 1 fully saturated rings. The molecular formula is C11H17N3O2. The summed E-state index contributed by atoms with van der Waals surface area (Å²) in [5, 5.41) is 6.58. The number of rotatable bonds is 3. The molecule has 0 bridgehead atoms. The van der Waals surface area contributed by atoms with Crippen molar-refractivity contribution in [1.82, 2.24) is 5.16 Å². The predicted octanol–water partition coefficient (Wildman–Crippen LogP) is 1.36. The van der Waals surface area contributed by atoms with Crippen molar-refractivity contribution in [2.24, 2.45) is 11.1 Å². The number of nitrogens with zero attached hydrogens (tertiary/aromatic N) is 1. The van der Waals surface area contributed by atoms with E-state index < -0.39 is 0 Å². The molecule has 1 aliphatic rings. The van der Waals surface area contributed by atoms with Crippen LogP contribution in [0.25, 0.3) is 0 Å². The lowest BCUT2D eigenvalue weighted by molar-refractivity contribution is -0.129. The van der Waals surface area contributed by atoms with Gasteiger partial charge in [-0.2, -0.15) is 0 Å². The summed E-state index contributed by atoms with van der Waals surface area (Å²) in [6.45, 7) is 4.11. The van der Waals surface area contributed by atoms with Crippen LogP contribution in [0, 0.1) is 19.3 Å². The third-order valence-electron chi connectivity index (χ3n) is 3.57. The molecule has 0 aliphatic heterocycles. The first kappa shape index (κ1) is 11.1. The highest BCUT2D eigenvalue weighted by Crippen LogP contribution is 2.41. The molecule has 0 unspecified atom stereocenters. The molecule has 2 rings (SSSR count). The summed E-state index contributed by atoms with van der Waals surface area (Å²) in [6.07, 6.45) is 2.79. The highest BCUT2D eigenvalue weighted by atomic mass is 16.5. The van der Waals surface area contributed by atoms with Crippen LogP contribution in [-0.2, 0) is 4.79 Å². The van der Waals surface area contributed by atoms with Crippen LogP contribution in [-0.4, -0.2) is 17.6 Å². The Bertz CT molecular complexity index is 402. The van der Waals surface area contributed by atoms with Gasteiger partial charge in [0.15, 0.2) is 0 Å². The Balaban J connectivity index is 2.10. The maximum absolute atomic E-state index is 12.0. The van der Waals surface area contributed by atoms with Crippen molar-refractivity contribution in [3.8, 4) is 0 Å². The van der Waals surface area contributed by atoms with Crippen LogP contribution in [0.2, 0.25) is 0 Å². The number of nitrogens with two attached hydrogens (primary N) is 1. The monoisotopic (exact) mass is 223 g/mol. The lowest BCUT2D eigenvalue weighted by Crippen LogP contribution is -2.47. The third kappa shape index (κ3) is 1.61. The molecule has 1 aromatic rings. The lowest BCUT2D eigenvalue weighted by atomic mass is 9.68. The van der Waals surface area contributed by atoms with E-state index in [4.69, 9.17) is 10.3 Å². The van der Waals surface area contributed by atoms with Crippen molar-refractivity contribution < 1.29 is 9.32 Å². The van der Waals surface area contributed by atoms with E-state index in [1.54, 1.807) is 0 Å². The Hall–Kier alpha value is -1.36.